The molecule has 0 amide bonds. The number of aromatic nitrogens is 2. The van der Waals surface area contributed by atoms with Gasteiger partial charge in [-0.3, -0.25) is 0 Å². The van der Waals surface area contributed by atoms with Crippen molar-refractivity contribution < 1.29 is 4.74 Å². The van der Waals surface area contributed by atoms with Crippen LogP contribution in [0.25, 0.3) is 22.4 Å². The maximum atomic E-state index is 9.36. The van der Waals surface area contributed by atoms with Gasteiger partial charge in [0.05, 0.1) is 17.3 Å². The van der Waals surface area contributed by atoms with Gasteiger partial charge in [-0.25, -0.2) is 4.98 Å². The highest BCUT2D eigenvalue weighted by atomic mass is 32.1. The summed E-state index contributed by atoms with van der Waals surface area (Å²) in [6.45, 7) is 2.45. The number of hydrogen-bond donors (Lipinski definition) is 1. The van der Waals surface area contributed by atoms with E-state index in [0.29, 0.717) is 29.6 Å². The Bertz CT molecular complexity index is 1200. The molecule has 0 spiro atoms. The Morgan fingerprint density at radius 3 is 2.57 bits per heavy atom. The van der Waals surface area contributed by atoms with Crippen molar-refractivity contribution in [3.8, 4) is 40.1 Å². The minimum absolute atomic E-state index is 0.444. The molecule has 4 aromatic rings. The number of thiophene rings is 1. The van der Waals surface area contributed by atoms with Crippen LogP contribution < -0.4 is 10.5 Å². The van der Waals surface area contributed by atoms with E-state index in [1.54, 1.807) is 23.5 Å². The maximum Gasteiger partial charge on any atom is 0.223 e. The summed E-state index contributed by atoms with van der Waals surface area (Å²) in [6, 6.07) is 19.7. The molecule has 0 bridgehead atoms. The number of nitriles is 1. The summed E-state index contributed by atoms with van der Waals surface area (Å²) in [5.74, 6) is 1.65. The summed E-state index contributed by atoms with van der Waals surface area (Å²) >= 11 is 1.61. The highest BCUT2D eigenvalue weighted by Crippen LogP contribution is 2.35. The molecule has 0 fully saturated rings. The van der Waals surface area contributed by atoms with Crippen LogP contribution in [0.5, 0.6) is 11.6 Å². The average Bonchev–Trinajstić information content (AvgIpc) is 3.29. The van der Waals surface area contributed by atoms with Crippen LogP contribution in [0, 0.1) is 18.3 Å². The molecular weight excluding hydrogens is 392 g/mol. The summed E-state index contributed by atoms with van der Waals surface area (Å²) in [7, 11) is 0. The molecule has 0 atom stereocenters. The molecule has 0 unspecified atom stereocenters. The minimum atomic E-state index is 0.444. The predicted molar refractivity (Wildman–Crippen MR) is 120 cm³/mol. The fourth-order valence-electron chi connectivity index (χ4n) is 3.20. The SMILES string of the molecule is Cc1nc(Oc2cc(C#N)ccc2-c2ccc(CCN)cc2)cc(-c2ccsc2)n1. The summed E-state index contributed by atoms with van der Waals surface area (Å²) < 4.78 is 6.18. The van der Waals surface area contributed by atoms with Gasteiger partial charge in [0.25, 0.3) is 0 Å². The van der Waals surface area contributed by atoms with E-state index in [1.165, 1.54) is 5.56 Å². The first kappa shape index (κ1) is 19.8. The average molecular weight is 413 g/mol. The summed E-state index contributed by atoms with van der Waals surface area (Å²) in [4.78, 5) is 8.95. The zero-order chi connectivity index (χ0) is 20.9. The van der Waals surface area contributed by atoms with Gasteiger partial charge in [0.1, 0.15) is 11.6 Å². The molecule has 4 rings (SSSR count). The van der Waals surface area contributed by atoms with Crippen LogP contribution in [0.15, 0.2) is 65.4 Å². The highest BCUT2D eigenvalue weighted by Gasteiger charge is 2.12. The summed E-state index contributed by atoms with van der Waals surface area (Å²) in [5.41, 5.74) is 11.1. The highest BCUT2D eigenvalue weighted by molar-refractivity contribution is 7.08. The molecule has 2 N–H and O–H groups in total. The second-order valence-electron chi connectivity index (χ2n) is 6.81. The van der Waals surface area contributed by atoms with Gasteiger partial charge in [0.15, 0.2) is 0 Å². The number of rotatable bonds is 6. The first-order valence-electron chi connectivity index (χ1n) is 9.56. The van der Waals surface area contributed by atoms with Crippen molar-refractivity contribution >= 4 is 11.3 Å². The van der Waals surface area contributed by atoms with Crippen molar-refractivity contribution in [3.63, 3.8) is 0 Å². The lowest BCUT2D eigenvalue weighted by Crippen LogP contribution is -2.02. The number of nitrogens with zero attached hydrogens (tertiary/aromatic N) is 3. The van der Waals surface area contributed by atoms with Crippen LogP contribution in [-0.4, -0.2) is 16.5 Å². The molecule has 6 heteroatoms. The second-order valence-corrected chi connectivity index (χ2v) is 7.59. The molecule has 0 saturated carbocycles. The topological polar surface area (TPSA) is 84.8 Å². The fourth-order valence-corrected chi connectivity index (χ4v) is 3.85. The zero-order valence-electron chi connectivity index (χ0n) is 16.5. The lowest BCUT2D eigenvalue weighted by Gasteiger charge is -2.13. The molecule has 2 heterocycles. The monoisotopic (exact) mass is 412 g/mol. The number of ether oxygens (including phenoxy) is 1. The normalized spacial score (nSPS) is 10.6. The molecule has 0 aliphatic carbocycles. The number of nitrogens with two attached hydrogens (primary N) is 1. The van der Waals surface area contributed by atoms with E-state index in [9.17, 15) is 5.26 Å². The Kier molecular flexibility index (Phi) is 5.84. The van der Waals surface area contributed by atoms with Crippen LogP contribution >= 0.6 is 11.3 Å². The molecule has 0 aliphatic heterocycles. The van der Waals surface area contributed by atoms with Crippen LogP contribution in [0.4, 0.5) is 0 Å². The predicted octanol–water partition coefficient (Wildman–Crippen LogP) is 5.35. The van der Waals surface area contributed by atoms with Gasteiger partial charge >= 0.3 is 0 Å². The summed E-state index contributed by atoms with van der Waals surface area (Å²) in [6.07, 6.45) is 0.836. The van der Waals surface area contributed by atoms with Crippen LogP contribution in [0.1, 0.15) is 17.0 Å². The Balaban J connectivity index is 1.73. The van der Waals surface area contributed by atoms with Gasteiger partial charge in [-0.15, -0.1) is 0 Å². The first-order valence-corrected chi connectivity index (χ1v) is 10.5. The van der Waals surface area contributed by atoms with Crippen molar-refractivity contribution in [1.82, 2.24) is 9.97 Å². The van der Waals surface area contributed by atoms with Crippen molar-refractivity contribution in [2.24, 2.45) is 5.73 Å². The van der Waals surface area contributed by atoms with Gasteiger partial charge in [0, 0.05) is 22.6 Å². The minimum Gasteiger partial charge on any atom is -0.438 e. The van der Waals surface area contributed by atoms with E-state index in [1.807, 2.05) is 48.0 Å². The maximum absolute atomic E-state index is 9.36. The molecular formula is C24H20N4OS. The van der Waals surface area contributed by atoms with Crippen molar-refractivity contribution in [2.75, 3.05) is 6.54 Å². The first-order chi connectivity index (χ1) is 14.7. The van der Waals surface area contributed by atoms with E-state index < -0.39 is 0 Å². The largest absolute Gasteiger partial charge is 0.438 e. The van der Waals surface area contributed by atoms with Crippen LogP contribution in [0.3, 0.4) is 0 Å². The number of hydrogen-bond acceptors (Lipinski definition) is 6. The third kappa shape index (κ3) is 4.38. The number of aryl methyl sites for hydroxylation is 1. The smallest absolute Gasteiger partial charge is 0.223 e. The van der Waals surface area contributed by atoms with Crippen molar-refractivity contribution in [2.45, 2.75) is 13.3 Å². The lowest BCUT2D eigenvalue weighted by atomic mass is 10.0. The Hall–Kier alpha value is -3.53. The third-order valence-corrected chi connectivity index (χ3v) is 5.34. The third-order valence-electron chi connectivity index (χ3n) is 4.65. The molecule has 30 heavy (non-hydrogen) atoms. The Morgan fingerprint density at radius 1 is 1.03 bits per heavy atom. The standard InChI is InChI=1S/C24H20N4OS/c1-16-27-22(20-9-11-30-15-20)13-24(28-16)29-23-12-18(14-26)4-7-21(23)19-5-2-17(3-6-19)8-10-25/h2-7,9,11-13,15H,8,10,25H2,1H3. The van der Waals surface area contributed by atoms with E-state index in [4.69, 9.17) is 10.5 Å². The molecule has 0 aliphatic rings. The number of benzene rings is 2. The van der Waals surface area contributed by atoms with E-state index >= 15 is 0 Å². The Morgan fingerprint density at radius 2 is 1.87 bits per heavy atom. The molecule has 2 aromatic heterocycles. The molecule has 148 valence electrons. The van der Waals surface area contributed by atoms with Crippen molar-refractivity contribution in [3.05, 3.63) is 82.3 Å². The van der Waals surface area contributed by atoms with E-state index in [-0.39, 0.29) is 0 Å². The van der Waals surface area contributed by atoms with Gasteiger partial charge in [-0.2, -0.15) is 21.6 Å². The van der Waals surface area contributed by atoms with Gasteiger partial charge in [0.2, 0.25) is 5.88 Å². The fraction of sp³-hybridized carbons (Fsp3) is 0.125. The van der Waals surface area contributed by atoms with E-state index in [2.05, 4.69) is 28.2 Å². The van der Waals surface area contributed by atoms with Gasteiger partial charge < -0.3 is 10.5 Å². The quantitative estimate of drug-likeness (QED) is 0.462. The van der Waals surface area contributed by atoms with Crippen molar-refractivity contribution in [1.29, 1.82) is 5.26 Å². The second kappa shape index (κ2) is 8.87. The molecule has 2 aromatic carbocycles. The van der Waals surface area contributed by atoms with Gasteiger partial charge in [-0.05, 0) is 60.7 Å². The Labute approximate surface area is 179 Å². The van der Waals surface area contributed by atoms with Crippen LogP contribution in [-0.2, 0) is 6.42 Å². The van der Waals surface area contributed by atoms with E-state index in [0.717, 1.165) is 28.8 Å². The molecule has 0 radical (unpaired) electrons. The van der Waals surface area contributed by atoms with Crippen LogP contribution in [0.2, 0.25) is 0 Å². The summed E-state index contributed by atoms with van der Waals surface area (Å²) in [5, 5.41) is 13.4. The van der Waals surface area contributed by atoms with Gasteiger partial charge in [-0.1, -0.05) is 24.3 Å². The lowest BCUT2D eigenvalue weighted by molar-refractivity contribution is 0.461. The zero-order valence-corrected chi connectivity index (χ0v) is 17.3. The molecule has 5 nitrogen and oxygen atoms in total. The molecule has 0 saturated heterocycles.